The Morgan fingerprint density at radius 3 is 2.41 bits per heavy atom. The van der Waals surface area contributed by atoms with Crippen LogP contribution in [0, 0.1) is 0 Å². The molecule has 2 aromatic carbocycles. The number of anilines is 1. The highest BCUT2D eigenvalue weighted by Crippen LogP contribution is 2.48. The fourth-order valence-corrected chi connectivity index (χ4v) is 3.96. The lowest BCUT2D eigenvalue weighted by Gasteiger charge is -2.28. The summed E-state index contributed by atoms with van der Waals surface area (Å²) in [6.07, 6.45) is 0. The van der Waals surface area contributed by atoms with Crippen LogP contribution in [0.3, 0.4) is 0 Å². The van der Waals surface area contributed by atoms with Gasteiger partial charge in [-0.3, -0.25) is 0 Å². The Morgan fingerprint density at radius 1 is 1.00 bits per heavy atom. The van der Waals surface area contributed by atoms with Gasteiger partial charge >= 0.3 is 5.97 Å². The first kappa shape index (κ1) is 16.2. The van der Waals surface area contributed by atoms with E-state index in [0.29, 0.717) is 11.3 Å². The van der Waals surface area contributed by atoms with E-state index in [4.69, 9.17) is 14.2 Å². The highest BCUT2D eigenvalue weighted by Gasteiger charge is 2.39. The van der Waals surface area contributed by atoms with Gasteiger partial charge in [-0.25, -0.2) is 4.79 Å². The first-order valence-corrected chi connectivity index (χ1v) is 9.13. The minimum Gasteiger partial charge on any atom is -0.456 e. The predicted molar refractivity (Wildman–Crippen MR) is 101 cm³/mol. The number of hydrogen-bond donors (Lipinski definition) is 1. The van der Waals surface area contributed by atoms with Gasteiger partial charge in [-0.15, -0.1) is 0 Å². The van der Waals surface area contributed by atoms with Crippen LogP contribution >= 0.6 is 0 Å². The molecule has 5 rings (SSSR count). The van der Waals surface area contributed by atoms with E-state index in [1.165, 1.54) is 5.56 Å². The van der Waals surface area contributed by atoms with Gasteiger partial charge in [0.05, 0.1) is 11.3 Å². The largest absolute Gasteiger partial charge is 0.456 e. The van der Waals surface area contributed by atoms with Crippen LogP contribution in [0.5, 0.6) is 11.5 Å². The number of cyclic esters (lactones) is 1. The molecule has 3 heterocycles. The van der Waals surface area contributed by atoms with Crippen LogP contribution in [0.4, 0.5) is 5.69 Å². The molecule has 5 heteroatoms. The average Bonchev–Trinajstić information content (AvgIpc) is 3.24. The number of nitrogens with one attached hydrogen (secondary N) is 1. The maximum absolute atomic E-state index is 12.5. The number of rotatable bonds is 1. The van der Waals surface area contributed by atoms with E-state index in [0.717, 1.165) is 28.3 Å². The minimum atomic E-state index is -0.259. The number of benzene rings is 2. The van der Waals surface area contributed by atoms with Crippen molar-refractivity contribution in [2.45, 2.75) is 32.1 Å². The average molecular weight is 363 g/mol. The molecule has 138 valence electrons. The first-order chi connectivity index (χ1) is 12.9. The third kappa shape index (κ3) is 2.49. The minimum absolute atomic E-state index is 0.0767. The van der Waals surface area contributed by atoms with Crippen molar-refractivity contribution in [1.29, 1.82) is 0 Å². The lowest BCUT2D eigenvalue weighted by atomic mass is 9.79. The Balaban J connectivity index is 1.66. The highest BCUT2D eigenvalue weighted by molar-refractivity contribution is 5.97. The summed E-state index contributed by atoms with van der Waals surface area (Å²) in [5, 5.41) is 3.35. The summed E-state index contributed by atoms with van der Waals surface area (Å²) in [5.74, 6) is 0.986. The van der Waals surface area contributed by atoms with Gasteiger partial charge in [-0.05, 0) is 28.2 Å². The second-order valence-electron chi connectivity index (χ2n) is 8.19. The lowest BCUT2D eigenvalue weighted by Crippen LogP contribution is -2.20. The van der Waals surface area contributed by atoms with Crippen molar-refractivity contribution in [3.05, 3.63) is 64.4 Å². The lowest BCUT2D eigenvalue weighted by molar-refractivity contribution is -0.136. The molecule has 27 heavy (non-hydrogen) atoms. The van der Waals surface area contributed by atoms with E-state index in [1.54, 1.807) is 0 Å². The van der Waals surface area contributed by atoms with Gasteiger partial charge in [-0.1, -0.05) is 45.0 Å². The molecule has 2 aromatic rings. The molecule has 1 N–H and O–H groups in total. The smallest absolute Gasteiger partial charge is 0.337 e. The van der Waals surface area contributed by atoms with Crippen molar-refractivity contribution in [3.8, 4) is 11.5 Å². The molecule has 0 aromatic heterocycles. The SMILES string of the molecule is CC(C)(C)c1ccc([C@@H]2C3=C(COC3=O)Nc3cc4c(cc32)OCO4)cc1. The van der Waals surface area contributed by atoms with E-state index in [2.05, 4.69) is 50.4 Å². The molecule has 3 aliphatic rings. The molecule has 3 aliphatic heterocycles. The molecule has 0 spiro atoms. The maximum atomic E-state index is 12.5. The fourth-order valence-electron chi connectivity index (χ4n) is 3.96. The van der Waals surface area contributed by atoms with Crippen LogP contribution < -0.4 is 14.8 Å². The van der Waals surface area contributed by atoms with Gasteiger partial charge < -0.3 is 19.5 Å². The summed E-state index contributed by atoms with van der Waals surface area (Å²) in [5.41, 5.74) is 5.85. The Bertz CT molecular complexity index is 983. The Hall–Kier alpha value is -2.95. The Morgan fingerprint density at radius 2 is 1.70 bits per heavy atom. The number of carbonyl (C=O) groups excluding carboxylic acids is 1. The number of esters is 1. The summed E-state index contributed by atoms with van der Waals surface area (Å²) in [6.45, 7) is 7.07. The highest BCUT2D eigenvalue weighted by atomic mass is 16.7. The predicted octanol–water partition coefficient (Wildman–Crippen LogP) is 4.08. The summed E-state index contributed by atoms with van der Waals surface area (Å²) in [7, 11) is 0. The molecule has 0 unspecified atom stereocenters. The van der Waals surface area contributed by atoms with E-state index in [1.807, 2.05) is 12.1 Å². The van der Waals surface area contributed by atoms with Gasteiger partial charge in [0.1, 0.15) is 6.61 Å². The van der Waals surface area contributed by atoms with Gasteiger partial charge in [0.25, 0.3) is 0 Å². The van der Waals surface area contributed by atoms with Crippen LogP contribution in [-0.4, -0.2) is 19.4 Å². The third-order valence-electron chi connectivity index (χ3n) is 5.43. The van der Waals surface area contributed by atoms with Crippen LogP contribution in [0.15, 0.2) is 47.7 Å². The quantitative estimate of drug-likeness (QED) is 0.774. The standard InChI is InChI=1S/C22H21NO4/c1-22(2,3)13-6-4-12(5-7-13)19-14-8-17-18(27-11-26-17)9-15(14)23-16-10-25-21(24)20(16)19/h4-9,19,23H,10-11H2,1-3H3/t19-/m0/s1. The van der Waals surface area contributed by atoms with Crippen molar-refractivity contribution < 1.29 is 19.0 Å². The topological polar surface area (TPSA) is 56.8 Å². The molecular formula is C22H21NO4. The van der Waals surface area contributed by atoms with Crippen LogP contribution in [0.25, 0.3) is 0 Å². The normalized spacial score (nSPS) is 20.1. The summed E-state index contributed by atoms with van der Waals surface area (Å²) >= 11 is 0. The van der Waals surface area contributed by atoms with Crippen molar-refractivity contribution >= 4 is 11.7 Å². The molecule has 1 atom stereocenters. The van der Waals surface area contributed by atoms with Gasteiger partial charge in [0.15, 0.2) is 11.5 Å². The molecule has 0 saturated carbocycles. The van der Waals surface area contributed by atoms with E-state index in [-0.39, 0.29) is 30.7 Å². The molecular weight excluding hydrogens is 342 g/mol. The van der Waals surface area contributed by atoms with Crippen molar-refractivity contribution in [1.82, 2.24) is 0 Å². The molecule has 0 saturated heterocycles. The van der Waals surface area contributed by atoms with Gasteiger partial charge in [0.2, 0.25) is 6.79 Å². The van der Waals surface area contributed by atoms with E-state index >= 15 is 0 Å². The second-order valence-corrected chi connectivity index (χ2v) is 8.19. The summed E-state index contributed by atoms with van der Waals surface area (Å²) in [4.78, 5) is 12.5. The molecule has 0 bridgehead atoms. The number of fused-ring (bicyclic) bond motifs is 2. The summed E-state index contributed by atoms with van der Waals surface area (Å²) in [6, 6.07) is 12.4. The third-order valence-corrected chi connectivity index (χ3v) is 5.43. The van der Waals surface area contributed by atoms with Crippen LogP contribution in [0.1, 0.15) is 43.4 Å². The van der Waals surface area contributed by atoms with Crippen molar-refractivity contribution in [2.75, 3.05) is 18.7 Å². The van der Waals surface area contributed by atoms with Gasteiger partial charge in [-0.2, -0.15) is 0 Å². The van der Waals surface area contributed by atoms with E-state index < -0.39 is 0 Å². The van der Waals surface area contributed by atoms with Crippen LogP contribution in [0.2, 0.25) is 0 Å². The number of ether oxygens (including phenoxy) is 3. The summed E-state index contributed by atoms with van der Waals surface area (Å²) < 4.78 is 16.4. The maximum Gasteiger partial charge on any atom is 0.337 e. The Labute approximate surface area is 157 Å². The molecule has 5 nitrogen and oxygen atoms in total. The molecule has 0 aliphatic carbocycles. The fraction of sp³-hybridized carbons (Fsp3) is 0.318. The zero-order valence-corrected chi connectivity index (χ0v) is 15.6. The van der Waals surface area contributed by atoms with Gasteiger partial charge in [0, 0.05) is 17.7 Å². The monoisotopic (exact) mass is 363 g/mol. The molecule has 0 amide bonds. The molecule has 0 fully saturated rings. The first-order valence-electron chi connectivity index (χ1n) is 9.13. The van der Waals surface area contributed by atoms with E-state index in [9.17, 15) is 4.79 Å². The number of hydrogen-bond acceptors (Lipinski definition) is 5. The number of carbonyl (C=O) groups is 1. The van der Waals surface area contributed by atoms with Crippen LogP contribution in [-0.2, 0) is 14.9 Å². The molecule has 0 radical (unpaired) electrons. The zero-order valence-electron chi connectivity index (χ0n) is 15.6. The van der Waals surface area contributed by atoms with Crippen molar-refractivity contribution in [3.63, 3.8) is 0 Å². The van der Waals surface area contributed by atoms with Crippen molar-refractivity contribution in [2.24, 2.45) is 0 Å². The Kier molecular flexibility index (Phi) is 3.32. The second kappa shape index (κ2) is 5.52. The zero-order chi connectivity index (χ0) is 18.8.